The van der Waals surface area contributed by atoms with E-state index in [0.29, 0.717) is 12.8 Å². The molecule has 0 aliphatic heterocycles. The maximum Gasteiger partial charge on any atom is 0.338 e. The number of benzene rings is 1. The standard InChI is InChI=1S/C12H14O3/c13-11(12(14)7-4-8-12)15-9-10-5-2-1-3-6-10/h1-3,5-6,14H,4,7-9H2. The Hall–Kier alpha value is -1.35. The van der Waals surface area contributed by atoms with Gasteiger partial charge in [0.2, 0.25) is 0 Å². The molecule has 0 unspecified atom stereocenters. The molecule has 0 heterocycles. The van der Waals surface area contributed by atoms with Crippen LogP contribution >= 0.6 is 0 Å². The third kappa shape index (κ3) is 2.18. The van der Waals surface area contributed by atoms with Crippen molar-refractivity contribution in [3.05, 3.63) is 35.9 Å². The second-order valence-corrected chi connectivity index (χ2v) is 3.95. The van der Waals surface area contributed by atoms with Gasteiger partial charge in [-0.05, 0) is 24.8 Å². The lowest BCUT2D eigenvalue weighted by Gasteiger charge is -2.33. The van der Waals surface area contributed by atoms with Crippen LogP contribution < -0.4 is 0 Å². The van der Waals surface area contributed by atoms with E-state index in [4.69, 9.17) is 4.74 Å². The van der Waals surface area contributed by atoms with Crippen LogP contribution in [0.5, 0.6) is 0 Å². The van der Waals surface area contributed by atoms with Gasteiger partial charge >= 0.3 is 5.97 Å². The van der Waals surface area contributed by atoms with E-state index in [-0.39, 0.29) is 6.61 Å². The molecule has 0 bridgehead atoms. The van der Waals surface area contributed by atoms with Gasteiger partial charge in [0.05, 0.1) is 0 Å². The number of hydrogen-bond donors (Lipinski definition) is 1. The van der Waals surface area contributed by atoms with Crippen LogP contribution in [0.3, 0.4) is 0 Å². The van der Waals surface area contributed by atoms with Crippen molar-refractivity contribution in [1.29, 1.82) is 0 Å². The summed E-state index contributed by atoms with van der Waals surface area (Å²) in [5, 5.41) is 9.68. The quantitative estimate of drug-likeness (QED) is 0.765. The van der Waals surface area contributed by atoms with Gasteiger partial charge in [-0.1, -0.05) is 30.3 Å². The Labute approximate surface area is 88.7 Å². The zero-order valence-electron chi connectivity index (χ0n) is 8.48. The first-order chi connectivity index (χ1) is 7.21. The number of rotatable bonds is 3. The maximum atomic E-state index is 11.4. The molecule has 15 heavy (non-hydrogen) atoms. The van der Waals surface area contributed by atoms with Gasteiger partial charge in [-0.25, -0.2) is 4.79 Å². The van der Waals surface area contributed by atoms with Gasteiger partial charge in [0.25, 0.3) is 0 Å². The van der Waals surface area contributed by atoms with Gasteiger partial charge in [0, 0.05) is 0 Å². The molecule has 1 aromatic rings. The highest BCUT2D eigenvalue weighted by Gasteiger charge is 2.43. The Morgan fingerprint density at radius 1 is 1.33 bits per heavy atom. The molecule has 3 nitrogen and oxygen atoms in total. The molecule has 0 saturated heterocycles. The van der Waals surface area contributed by atoms with E-state index in [2.05, 4.69) is 0 Å². The molecule has 1 fully saturated rings. The molecule has 0 radical (unpaired) electrons. The largest absolute Gasteiger partial charge is 0.459 e. The minimum Gasteiger partial charge on any atom is -0.459 e. The third-order valence-electron chi connectivity index (χ3n) is 2.77. The molecule has 1 aromatic carbocycles. The van der Waals surface area contributed by atoms with Crippen molar-refractivity contribution >= 4 is 5.97 Å². The van der Waals surface area contributed by atoms with Crippen LogP contribution in [0.15, 0.2) is 30.3 Å². The van der Waals surface area contributed by atoms with Crippen LogP contribution in [-0.4, -0.2) is 16.7 Å². The summed E-state index contributed by atoms with van der Waals surface area (Å²) in [5.41, 5.74) is -0.261. The summed E-state index contributed by atoms with van der Waals surface area (Å²) in [6.07, 6.45) is 1.96. The van der Waals surface area contributed by atoms with E-state index in [0.717, 1.165) is 12.0 Å². The van der Waals surface area contributed by atoms with Gasteiger partial charge in [-0.3, -0.25) is 0 Å². The lowest BCUT2D eigenvalue weighted by molar-refractivity contribution is -0.176. The summed E-state index contributed by atoms with van der Waals surface area (Å²) in [6, 6.07) is 9.46. The molecule has 0 spiro atoms. The molecule has 0 aromatic heterocycles. The molecular formula is C12H14O3. The smallest absolute Gasteiger partial charge is 0.338 e. The molecule has 0 atom stereocenters. The van der Waals surface area contributed by atoms with Crippen LogP contribution in [0.4, 0.5) is 0 Å². The molecule has 3 heteroatoms. The fraction of sp³-hybridized carbons (Fsp3) is 0.417. The minimum absolute atomic E-state index is 0.238. The second-order valence-electron chi connectivity index (χ2n) is 3.95. The zero-order valence-corrected chi connectivity index (χ0v) is 8.48. The molecule has 0 amide bonds. The lowest BCUT2D eigenvalue weighted by Crippen LogP contribution is -2.46. The molecule has 1 N–H and O–H groups in total. The van der Waals surface area contributed by atoms with E-state index in [1.807, 2.05) is 30.3 Å². The van der Waals surface area contributed by atoms with Crippen molar-refractivity contribution < 1.29 is 14.6 Å². The highest BCUT2D eigenvalue weighted by molar-refractivity contribution is 5.80. The van der Waals surface area contributed by atoms with E-state index < -0.39 is 11.6 Å². The number of ether oxygens (including phenoxy) is 1. The summed E-state index contributed by atoms with van der Waals surface area (Å²) < 4.78 is 5.05. The van der Waals surface area contributed by atoms with E-state index >= 15 is 0 Å². The Morgan fingerprint density at radius 3 is 2.53 bits per heavy atom. The predicted molar refractivity (Wildman–Crippen MR) is 55.0 cm³/mol. The first-order valence-electron chi connectivity index (χ1n) is 5.14. The van der Waals surface area contributed by atoms with Crippen molar-refractivity contribution in [2.75, 3.05) is 0 Å². The average molecular weight is 206 g/mol. The SMILES string of the molecule is O=C(OCc1ccccc1)C1(O)CCC1. The van der Waals surface area contributed by atoms with Crippen molar-refractivity contribution in [1.82, 2.24) is 0 Å². The second kappa shape index (κ2) is 4.03. The molecular weight excluding hydrogens is 192 g/mol. The normalized spacial score (nSPS) is 17.9. The maximum absolute atomic E-state index is 11.4. The van der Waals surface area contributed by atoms with Gasteiger partial charge in [-0.15, -0.1) is 0 Å². The monoisotopic (exact) mass is 206 g/mol. The Bertz CT molecular complexity index is 341. The summed E-state index contributed by atoms with van der Waals surface area (Å²) in [6.45, 7) is 0.238. The van der Waals surface area contributed by atoms with Crippen LogP contribution in [0.1, 0.15) is 24.8 Å². The van der Waals surface area contributed by atoms with Crippen LogP contribution in [0.25, 0.3) is 0 Å². The highest BCUT2D eigenvalue weighted by atomic mass is 16.5. The summed E-state index contributed by atoms with van der Waals surface area (Å²) in [5.74, 6) is -0.488. The number of carbonyl (C=O) groups excluding carboxylic acids is 1. The van der Waals surface area contributed by atoms with E-state index in [1.165, 1.54) is 0 Å². The average Bonchev–Trinajstić information content (AvgIpc) is 2.24. The topological polar surface area (TPSA) is 46.5 Å². The minimum atomic E-state index is -1.20. The summed E-state index contributed by atoms with van der Waals surface area (Å²) >= 11 is 0. The van der Waals surface area contributed by atoms with Gasteiger partial charge in [0.15, 0.2) is 5.60 Å². The first-order valence-corrected chi connectivity index (χ1v) is 5.14. The zero-order chi connectivity index (χ0) is 10.7. The van der Waals surface area contributed by atoms with Crippen molar-refractivity contribution in [3.63, 3.8) is 0 Å². The van der Waals surface area contributed by atoms with Crippen molar-refractivity contribution in [2.24, 2.45) is 0 Å². The number of carbonyl (C=O) groups is 1. The van der Waals surface area contributed by atoms with Crippen LogP contribution in [-0.2, 0) is 16.1 Å². The molecule has 1 aliphatic rings. The molecule has 1 aliphatic carbocycles. The van der Waals surface area contributed by atoms with Crippen molar-refractivity contribution in [2.45, 2.75) is 31.5 Å². The number of esters is 1. The van der Waals surface area contributed by atoms with E-state index in [1.54, 1.807) is 0 Å². The van der Waals surface area contributed by atoms with Crippen molar-refractivity contribution in [3.8, 4) is 0 Å². The number of aliphatic hydroxyl groups is 1. The van der Waals surface area contributed by atoms with Gasteiger partial charge < -0.3 is 9.84 Å². The summed E-state index contributed by atoms with van der Waals surface area (Å²) in [7, 11) is 0. The fourth-order valence-corrected chi connectivity index (χ4v) is 1.57. The Morgan fingerprint density at radius 2 is 2.00 bits per heavy atom. The molecule has 2 rings (SSSR count). The van der Waals surface area contributed by atoms with E-state index in [9.17, 15) is 9.90 Å². The Balaban J connectivity index is 1.86. The number of hydrogen-bond acceptors (Lipinski definition) is 3. The summed E-state index contributed by atoms with van der Waals surface area (Å²) in [4.78, 5) is 11.4. The van der Waals surface area contributed by atoms with Gasteiger partial charge in [-0.2, -0.15) is 0 Å². The molecule has 80 valence electrons. The highest BCUT2D eigenvalue weighted by Crippen LogP contribution is 2.32. The van der Waals surface area contributed by atoms with Crippen LogP contribution in [0.2, 0.25) is 0 Å². The lowest BCUT2D eigenvalue weighted by atomic mass is 9.80. The first kappa shape index (κ1) is 10.2. The molecule has 1 saturated carbocycles. The Kier molecular flexibility index (Phi) is 2.73. The predicted octanol–water partition coefficient (Wildman–Crippen LogP) is 1.64. The third-order valence-corrected chi connectivity index (χ3v) is 2.77. The van der Waals surface area contributed by atoms with Gasteiger partial charge in [0.1, 0.15) is 6.61 Å². The fourth-order valence-electron chi connectivity index (χ4n) is 1.57. The van der Waals surface area contributed by atoms with Crippen LogP contribution in [0, 0.1) is 0 Å².